The van der Waals surface area contributed by atoms with Gasteiger partial charge < -0.3 is 9.84 Å². The first kappa shape index (κ1) is 6.04. The molecule has 1 aliphatic heterocycles. The highest BCUT2D eigenvalue weighted by Crippen LogP contribution is 2.11. The molecule has 0 spiro atoms. The average molecular weight is 126 g/mol. The molecule has 1 rings (SSSR count). The van der Waals surface area contributed by atoms with Crippen LogP contribution in [0.1, 0.15) is 0 Å². The van der Waals surface area contributed by atoms with E-state index < -0.39 is 12.3 Å². The molecule has 0 fully saturated rings. The second kappa shape index (κ2) is 2.03. The van der Waals surface area contributed by atoms with Crippen LogP contribution in [0.15, 0.2) is 24.3 Å². The Kier molecular flexibility index (Phi) is 1.36. The summed E-state index contributed by atoms with van der Waals surface area (Å²) in [5, 5.41) is 8.63. The van der Waals surface area contributed by atoms with Crippen molar-refractivity contribution in [3.63, 3.8) is 0 Å². The normalized spacial score (nSPS) is 25.2. The lowest BCUT2D eigenvalue weighted by molar-refractivity contribution is -0.150. The molecule has 0 saturated heterocycles. The average Bonchev–Trinajstić information content (AvgIpc) is 2.10. The van der Waals surface area contributed by atoms with E-state index in [1.54, 1.807) is 0 Å². The Morgan fingerprint density at radius 3 is 2.78 bits per heavy atom. The molecule has 3 heteroatoms. The third-order valence-corrected chi connectivity index (χ3v) is 1.01. The number of aliphatic hydroxyl groups is 1. The van der Waals surface area contributed by atoms with Gasteiger partial charge in [-0.1, -0.05) is 12.7 Å². The molecule has 0 radical (unpaired) electrons. The van der Waals surface area contributed by atoms with E-state index in [4.69, 9.17) is 5.11 Å². The summed E-state index contributed by atoms with van der Waals surface area (Å²) < 4.78 is 4.32. The second-order valence-electron chi connectivity index (χ2n) is 1.62. The van der Waals surface area contributed by atoms with E-state index in [-0.39, 0.29) is 0 Å². The van der Waals surface area contributed by atoms with Gasteiger partial charge in [-0.3, -0.25) is 0 Å². The summed E-state index contributed by atoms with van der Waals surface area (Å²) in [6, 6.07) is 0. The maximum Gasteiger partial charge on any atom is 0.340 e. The van der Waals surface area contributed by atoms with E-state index in [1.807, 2.05) is 0 Å². The van der Waals surface area contributed by atoms with Gasteiger partial charge in [-0.25, -0.2) is 4.79 Å². The first-order valence-corrected chi connectivity index (χ1v) is 2.47. The molecular weight excluding hydrogens is 120 g/mol. The van der Waals surface area contributed by atoms with Crippen LogP contribution in [0.5, 0.6) is 0 Å². The van der Waals surface area contributed by atoms with Gasteiger partial charge in [0.1, 0.15) is 0 Å². The Labute approximate surface area is 52.2 Å². The Morgan fingerprint density at radius 1 is 1.89 bits per heavy atom. The topological polar surface area (TPSA) is 46.5 Å². The molecule has 1 unspecified atom stereocenters. The number of aliphatic hydroxyl groups excluding tert-OH is 1. The van der Waals surface area contributed by atoms with E-state index in [0.29, 0.717) is 5.57 Å². The van der Waals surface area contributed by atoms with Crippen LogP contribution in [0.3, 0.4) is 0 Å². The third-order valence-electron chi connectivity index (χ3n) is 1.01. The van der Waals surface area contributed by atoms with Gasteiger partial charge >= 0.3 is 5.97 Å². The molecular formula is C6H6O3. The van der Waals surface area contributed by atoms with Crippen molar-refractivity contribution in [2.45, 2.75) is 6.29 Å². The van der Waals surface area contributed by atoms with Crippen molar-refractivity contribution < 1.29 is 14.6 Å². The molecule has 0 bridgehead atoms. The molecule has 0 aromatic carbocycles. The zero-order valence-electron chi connectivity index (χ0n) is 4.70. The van der Waals surface area contributed by atoms with Crippen LogP contribution >= 0.6 is 0 Å². The zero-order chi connectivity index (χ0) is 6.85. The summed E-state index contributed by atoms with van der Waals surface area (Å²) in [6.07, 6.45) is 1.57. The monoisotopic (exact) mass is 126 g/mol. The van der Waals surface area contributed by atoms with Crippen molar-refractivity contribution in [3.8, 4) is 0 Å². The van der Waals surface area contributed by atoms with Gasteiger partial charge in [0.2, 0.25) is 6.29 Å². The predicted molar refractivity (Wildman–Crippen MR) is 30.4 cm³/mol. The summed E-state index contributed by atoms with van der Waals surface area (Å²) in [5.41, 5.74) is 0.322. The van der Waals surface area contributed by atoms with Crippen LogP contribution in [-0.2, 0) is 9.53 Å². The highest BCUT2D eigenvalue weighted by Gasteiger charge is 2.20. The molecule has 1 atom stereocenters. The van der Waals surface area contributed by atoms with Gasteiger partial charge in [0.05, 0.1) is 5.57 Å². The van der Waals surface area contributed by atoms with E-state index in [1.165, 1.54) is 12.2 Å². The molecule has 3 nitrogen and oxygen atoms in total. The Bertz CT molecular complexity index is 181. The molecule has 1 N–H and O–H groups in total. The van der Waals surface area contributed by atoms with Crippen molar-refractivity contribution >= 4 is 5.97 Å². The lowest BCUT2D eigenvalue weighted by Crippen LogP contribution is -2.05. The van der Waals surface area contributed by atoms with Crippen molar-refractivity contribution in [3.05, 3.63) is 24.3 Å². The number of ether oxygens (including phenoxy) is 1. The number of rotatable bonds is 1. The van der Waals surface area contributed by atoms with Crippen LogP contribution in [-0.4, -0.2) is 17.4 Å². The highest BCUT2D eigenvalue weighted by molar-refractivity contribution is 5.93. The van der Waals surface area contributed by atoms with Crippen LogP contribution in [0, 0.1) is 0 Å². The minimum Gasteiger partial charge on any atom is -0.429 e. The lowest BCUT2D eigenvalue weighted by Gasteiger charge is -1.95. The molecule has 1 aliphatic rings. The molecule has 1 heterocycles. The van der Waals surface area contributed by atoms with Gasteiger partial charge in [-0.2, -0.15) is 0 Å². The van der Waals surface area contributed by atoms with Crippen molar-refractivity contribution in [1.82, 2.24) is 0 Å². The number of cyclic esters (lactones) is 1. The lowest BCUT2D eigenvalue weighted by atomic mass is 10.3. The van der Waals surface area contributed by atoms with Gasteiger partial charge in [0.25, 0.3) is 0 Å². The predicted octanol–water partition coefficient (Wildman–Crippen LogP) is -0.0260. The number of hydrogen-bond acceptors (Lipinski definition) is 3. The Hall–Kier alpha value is -1.09. The maximum atomic E-state index is 10.5. The number of esters is 1. The first-order chi connectivity index (χ1) is 4.24. The standard InChI is InChI=1S/C6H6O3/c1-2-4-3-5(7)9-6(4)8/h2-3,5,7H,1H2. The molecule has 0 aliphatic carbocycles. The smallest absolute Gasteiger partial charge is 0.340 e. The Morgan fingerprint density at radius 2 is 2.56 bits per heavy atom. The summed E-state index contributed by atoms with van der Waals surface area (Å²) >= 11 is 0. The van der Waals surface area contributed by atoms with Crippen molar-refractivity contribution in [2.75, 3.05) is 0 Å². The summed E-state index contributed by atoms with van der Waals surface area (Å²) in [7, 11) is 0. The number of hydrogen-bond donors (Lipinski definition) is 1. The van der Waals surface area contributed by atoms with Crippen LogP contribution in [0.2, 0.25) is 0 Å². The molecule has 0 amide bonds. The van der Waals surface area contributed by atoms with E-state index >= 15 is 0 Å². The van der Waals surface area contributed by atoms with E-state index in [2.05, 4.69) is 11.3 Å². The third kappa shape index (κ3) is 1.000. The number of carbonyl (C=O) groups excluding carboxylic acids is 1. The SMILES string of the molecule is C=CC1=CC(O)OC1=O. The van der Waals surface area contributed by atoms with E-state index in [0.717, 1.165) is 0 Å². The van der Waals surface area contributed by atoms with Gasteiger partial charge in [0.15, 0.2) is 0 Å². The zero-order valence-corrected chi connectivity index (χ0v) is 4.70. The largest absolute Gasteiger partial charge is 0.429 e. The maximum absolute atomic E-state index is 10.5. The second-order valence-corrected chi connectivity index (χ2v) is 1.62. The fourth-order valence-corrected chi connectivity index (χ4v) is 0.585. The minimum atomic E-state index is -1.08. The van der Waals surface area contributed by atoms with E-state index in [9.17, 15) is 4.79 Å². The number of carbonyl (C=O) groups is 1. The van der Waals surface area contributed by atoms with Crippen LogP contribution in [0.25, 0.3) is 0 Å². The quantitative estimate of drug-likeness (QED) is 0.502. The molecule has 0 saturated carbocycles. The van der Waals surface area contributed by atoms with Gasteiger partial charge in [0, 0.05) is 0 Å². The van der Waals surface area contributed by atoms with Crippen molar-refractivity contribution in [1.29, 1.82) is 0 Å². The fourth-order valence-electron chi connectivity index (χ4n) is 0.585. The molecule has 0 aromatic heterocycles. The summed E-state index contributed by atoms with van der Waals surface area (Å²) in [6.45, 7) is 3.35. The molecule has 48 valence electrons. The minimum absolute atomic E-state index is 0.322. The van der Waals surface area contributed by atoms with Crippen molar-refractivity contribution in [2.24, 2.45) is 0 Å². The fraction of sp³-hybridized carbons (Fsp3) is 0.167. The van der Waals surface area contributed by atoms with Gasteiger partial charge in [-0.15, -0.1) is 0 Å². The highest BCUT2D eigenvalue weighted by atomic mass is 16.6. The Balaban J connectivity index is 2.80. The van der Waals surface area contributed by atoms with Crippen LogP contribution < -0.4 is 0 Å². The first-order valence-electron chi connectivity index (χ1n) is 2.47. The summed E-state index contributed by atoms with van der Waals surface area (Å²) in [4.78, 5) is 10.5. The van der Waals surface area contributed by atoms with Crippen LogP contribution in [0.4, 0.5) is 0 Å². The molecule has 9 heavy (non-hydrogen) atoms. The van der Waals surface area contributed by atoms with Gasteiger partial charge in [-0.05, 0) is 6.08 Å². The molecule has 0 aromatic rings. The summed E-state index contributed by atoms with van der Waals surface area (Å²) in [5.74, 6) is -0.516.